The highest BCUT2D eigenvalue weighted by atomic mass is 32.1. The van der Waals surface area contributed by atoms with Crippen LogP contribution in [0.5, 0.6) is 17.2 Å². The average molecular weight is 439 g/mol. The van der Waals surface area contributed by atoms with Gasteiger partial charge >= 0.3 is 0 Å². The van der Waals surface area contributed by atoms with Crippen molar-refractivity contribution in [2.75, 3.05) is 26.6 Å². The molecular weight excluding hydrogens is 418 g/mol. The van der Waals surface area contributed by atoms with Gasteiger partial charge in [0.2, 0.25) is 10.7 Å². The zero-order valence-corrected chi connectivity index (χ0v) is 18.3. The Kier molecular flexibility index (Phi) is 5.72. The molecule has 2 aromatic carbocycles. The molecule has 0 atom stereocenters. The molecule has 4 rings (SSSR count). The van der Waals surface area contributed by atoms with E-state index in [0.29, 0.717) is 28.5 Å². The first-order chi connectivity index (χ1) is 15.1. The molecular formula is C21H21N5O4S. The lowest BCUT2D eigenvalue weighted by atomic mass is 10.1. The number of aromatic nitrogens is 4. The smallest absolute Gasteiger partial charge is 0.255 e. The first-order valence-corrected chi connectivity index (χ1v) is 10.3. The number of ether oxygens (including phenoxy) is 3. The fourth-order valence-corrected chi connectivity index (χ4v) is 3.99. The van der Waals surface area contributed by atoms with E-state index >= 15 is 0 Å². The molecule has 0 aliphatic heterocycles. The summed E-state index contributed by atoms with van der Waals surface area (Å²) in [4.78, 5) is 13.6. The number of aryl methyl sites for hydroxylation is 1. The topological polar surface area (TPSA) is 99.9 Å². The SMILES string of the molecule is CCc1nnc2sc(-c3cccc(NC(=O)c4cc(OC)c(OC)c(OC)c4)c3)nn12. The maximum absolute atomic E-state index is 12.9. The van der Waals surface area contributed by atoms with Gasteiger partial charge in [0.1, 0.15) is 5.01 Å². The van der Waals surface area contributed by atoms with Crippen molar-refractivity contribution in [2.45, 2.75) is 13.3 Å². The quantitative estimate of drug-likeness (QED) is 0.469. The van der Waals surface area contributed by atoms with Crippen LogP contribution in [0, 0.1) is 0 Å². The van der Waals surface area contributed by atoms with Crippen molar-refractivity contribution in [2.24, 2.45) is 0 Å². The van der Waals surface area contributed by atoms with Crippen LogP contribution in [0.1, 0.15) is 23.1 Å². The van der Waals surface area contributed by atoms with E-state index in [9.17, 15) is 4.79 Å². The normalized spacial score (nSPS) is 10.8. The van der Waals surface area contributed by atoms with Crippen LogP contribution in [-0.2, 0) is 6.42 Å². The summed E-state index contributed by atoms with van der Waals surface area (Å²) in [5.41, 5.74) is 1.89. The van der Waals surface area contributed by atoms with Gasteiger partial charge in [-0.25, -0.2) is 0 Å². The minimum atomic E-state index is -0.303. The highest BCUT2D eigenvalue weighted by Crippen LogP contribution is 2.38. The predicted molar refractivity (Wildman–Crippen MR) is 118 cm³/mol. The van der Waals surface area contributed by atoms with Gasteiger partial charge in [-0.3, -0.25) is 4.79 Å². The molecule has 0 radical (unpaired) electrons. The van der Waals surface area contributed by atoms with Gasteiger partial charge in [-0.05, 0) is 24.3 Å². The Hall–Kier alpha value is -3.66. The molecule has 4 aromatic rings. The summed E-state index contributed by atoms with van der Waals surface area (Å²) in [7, 11) is 4.53. The van der Waals surface area contributed by atoms with Crippen LogP contribution in [0.2, 0.25) is 0 Å². The second-order valence-electron chi connectivity index (χ2n) is 6.52. The third-order valence-corrected chi connectivity index (χ3v) is 5.61. The molecule has 9 nitrogen and oxygen atoms in total. The molecule has 2 heterocycles. The standard InChI is InChI=1S/C21H21N5O4S/c1-5-17-23-24-21-26(17)25-20(31-21)12-7-6-8-14(9-12)22-19(27)13-10-15(28-2)18(30-4)16(11-13)29-3/h6-11H,5H2,1-4H3,(H,22,27). The van der Waals surface area contributed by atoms with Crippen molar-refractivity contribution in [3.63, 3.8) is 0 Å². The number of benzene rings is 2. The number of methoxy groups -OCH3 is 3. The number of fused-ring (bicyclic) bond motifs is 1. The lowest BCUT2D eigenvalue weighted by Crippen LogP contribution is -2.12. The molecule has 0 bridgehead atoms. The van der Waals surface area contributed by atoms with Gasteiger partial charge < -0.3 is 19.5 Å². The van der Waals surface area contributed by atoms with E-state index in [1.54, 1.807) is 16.6 Å². The number of nitrogens with one attached hydrogen (secondary N) is 1. The van der Waals surface area contributed by atoms with E-state index < -0.39 is 0 Å². The van der Waals surface area contributed by atoms with E-state index in [1.807, 2.05) is 31.2 Å². The first-order valence-electron chi connectivity index (χ1n) is 9.50. The summed E-state index contributed by atoms with van der Waals surface area (Å²) in [6.45, 7) is 2.01. The van der Waals surface area contributed by atoms with E-state index in [0.717, 1.165) is 27.8 Å². The summed E-state index contributed by atoms with van der Waals surface area (Å²) in [5, 5.41) is 16.6. The molecule has 1 amide bonds. The van der Waals surface area contributed by atoms with Crippen molar-refractivity contribution in [1.82, 2.24) is 19.8 Å². The monoisotopic (exact) mass is 439 g/mol. The number of carbonyl (C=O) groups excluding carboxylic acids is 1. The highest BCUT2D eigenvalue weighted by Gasteiger charge is 2.18. The van der Waals surface area contributed by atoms with E-state index in [4.69, 9.17) is 14.2 Å². The summed E-state index contributed by atoms with van der Waals surface area (Å²) in [6, 6.07) is 10.7. The molecule has 10 heteroatoms. The van der Waals surface area contributed by atoms with Crippen molar-refractivity contribution in [1.29, 1.82) is 0 Å². The van der Waals surface area contributed by atoms with Gasteiger partial charge in [0.05, 0.1) is 21.3 Å². The Bertz CT molecular complexity index is 1220. The summed E-state index contributed by atoms with van der Waals surface area (Å²) in [5.74, 6) is 1.75. The number of rotatable bonds is 7. The van der Waals surface area contributed by atoms with Crippen LogP contribution >= 0.6 is 11.3 Å². The lowest BCUT2D eigenvalue weighted by molar-refractivity contribution is 0.102. The summed E-state index contributed by atoms with van der Waals surface area (Å²) >= 11 is 1.44. The Morgan fingerprint density at radius 1 is 1.06 bits per heavy atom. The number of anilines is 1. The van der Waals surface area contributed by atoms with E-state index in [2.05, 4.69) is 20.6 Å². The van der Waals surface area contributed by atoms with Gasteiger partial charge in [-0.2, -0.15) is 9.61 Å². The molecule has 0 fully saturated rings. The number of amides is 1. The minimum Gasteiger partial charge on any atom is -0.493 e. The number of carbonyl (C=O) groups is 1. The zero-order chi connectivity index (χ0) is 22.0. The van der Waals surface area contributed by atoms with Crippen LogP contribution in [0.3, 0.4) is 0 Å². The second-order valence-corrected chi connectivity index (χ2v) is 7.48. The number of hydrogen-bond donors (Lipinski definition) is 1. The third-order valence-electron chi connectivity index (χ3n) is 4.67. The highest BCUT2D eigenvalue weighted by molar-refractivity contribution is 7.19. The van der Waals surface area contributed by atoms with Crippen LogP contribution in [-0.4, -0.2) is 47.0 Å². The molecule has 0 saturated carbocycles. The van der Waals surface area contributed by atoms with Crippen LogP contribution < -0.4 is 19.5 Å². The Morgan fingerprint density at radius 2 is 1.81 bits per heavy atom. The second kappa shape index (κ2) is 8.60. The Labute approximate surface area is 182 Å². The van der Waals surface area contributed by atoms with Crippen LogP contribution in [0.4, 0.5) is 5.69 Å². The molecule has 0 aliphatic carbocycles. The molecule has 1 N–H and O–H groups in total. The van der Waals surface area contributed by atoms with Gasteiger partial charge in [-0.1, -0.05) is 30.4 Å². The fourth-order valence-electron chi connectivity index (χ4n) is 3.14. The molecule has 0 aliphatic rings. The molecule has 0 saturated heterocycles. The van der Waals surface area contributed by atoms with Crippen molar-refractivity contribution < 1.29 is 19.0 Å². The van der Waals surface area contributed by atoms with E-state index in [1.165, 1.54) is 32.7 Å². The maximum atomic E-state index is 12.9. The average Bonchev–Trinajstić information content (AvgIpc) is 3.39. The van der Waals surface area contributed by atoms with Crippen molar-refractivity contribution >= 4 is 27.9 Å². The van der Waals surface area contributed by atoms with Gasteiger partial charge in [0.15, 0.2) is 17.3 Å². The number of hydrogen-bond acceptors (Lipinski definition) is 8. The van der Waals surface area contributed by atoms with Crippen molar-refractivity contribution in [3.8, 4) is 27.8 Å². The van der Waals surface area contributed by atoms with Crippen LogP contribution in [0.15, 0.2) is 36.4 Å². The summed E-state index contributed by atoms with van der Waals surface area (Å²) < 4.78 is 17.7. The molecule has 0 unspecified atom stereocenters. The first kappa shape index (κ1) is 20.6. The predicted octanol–water partition coefficient (Wildman–Crippen LogP) is 3.69. The van der Waals surface area contributed by atoms with E-state index in [-0.39, 0.29) is 5.91 Å². The molecule has 31 heavy (non-hydrogen) atoms. The Balaban J connectivity index is 1.61. The lowest BCUT2D eigenvalue weighted by Gasteiger charge is -2.14. The fraction of sp³-hybridized carbons (Fsp3) is 0.238. The third kappa shape index (κ3) is 3.89. The van der Waals surface area contributed by atoms with Gasteiger partial charge in [-0.15, -0.1) is 10.2 Å². The van der Waals surface area contributed by atoms with Gasteiger partial charge in [0.25, 0.3) is 5.91 Å². The molecule has 0 spiro atoms. The molecule has 2 aromatic heterocycles. The van der Waals surface area contributed by atoms with Crippen LogP contribution in [0.25, 0.3) is 15.5 Å². The van der Waals surface area contributed by atoms with Crippen molar-refractivity contribution in [3.05, 3.63) is 47.8 Å². The maximum Gasteiger partial charge on any atom is 0.255 e. The molecule has 160 valence electrons. The Morgan fingerprint density at radius 3 is 2.45 bits per heavy atom. The summed E-state index contributed by atoms with van der Waals surface area (Å²) in [6.07, 6.45) is 0.745. The van der Waals surface area contributed by atoms with Gasteiger partial charge in [0, 0.05) is 23.2 Å². The minimum absolute atomic E-state index is 0.303. The zero-order valence-electron chi connectivity index (χ0n) is 17.5. The largest absolute Gasteiger partial charge is 0.493 e. The number of nitrogens with zero attached hydrogens (tertiary/aromatic N) is 4.